The van der Waals surface area contributed by atoms with Gasteiger partial charge in [0.25, 0.3) is 0 Å². The molecule has 7 heteroatoms. The summed E-state index contributed by atoms with van der Waals surface area (Å²) in [4.78, 5) is 0. The number of methoxy groups -OCH3 is 1. The van der Waals surface area contributed by atoms with E-state index in [0.29, 0.717) is 29.4 Å². The molecule has 116 valence electrons. The molecule has 0 bridgehead atoms. The van der Waals surface area contributed by atoms with E-state index in [4.69, 9.17) is 30.4 Å². The summed E-state index contributed by atoms with van der Waals surface area (Å²) >= 11 is 6.20. The molecule has 0 amide bonds. The van der Waals surface area contributed by atoms with E-state index in [1.807, 2.05) is 0 Å². The Morgan fingerprint density at radius 3 is 2.52 bits per heavy atom. The van der Waals surface area contributed by atoms with Crippen LogP contribution in [0.5, 0.6) is 5.75 Å². The van der Waals surface area contributed by atoms with E-state index in [2.05, 4.69) is 0 Å². The molecule has 21 heavy (non-hydrogen) atoms. The summed E-state index contributed by atoms with van der Waals surface area (Å²) in [6.07, 6.45) is 0. The molecule has 5 nitrogen and oxygen atoms in total. The molecule has 1 heterocycles. The lowest BCUT2D eigenvalue weighted by Gasteiger charge is -2.30. The number of hydrogen-bond donors (Lipinski definition) is 1. The molecule has 1 atom stereocenters. The van der Waals surface area contributed by atoms with Crippen molar-refractivity contribution < 1.29 is 23.9 Å². The molecule has 0 spiro atoms. The molecule has 0 aromatic heterocycles. The minimum absolute atomic E-state index is 0.438. The van der Waals surface area contributed by atoms with Gasteiger partial charge in [-0.15, -0.1) is 0 Å². The van der Waals surface area contributed by atoms with Crippen molar-refractivity contribution in [2.75, 3.05) is 20.3 Å². The molecule has 1 aromatic rings. The number of rotatable bonds is 5. The zero-order valence-corrected chi connectivity index (χ0v) is 13.4. The van der Waals surface area contributed by atoms with Gasteiger partial charge in [0.05, 0.1) is 6.61 Å². The van der Waals surface area contributed by atoms with Crippen LogP contribution >= 0.6 is 11.6 Å². The smallest absolute Gasteiger partial charge is 0.491 e. The summed E-state index contributed by atoms with van der Waals surface area (Å²) in [5.74, 6) is -0.753. The normalized spacial score (nSPS) is 24.4. The molecule has 1 unspecified atom stereocenters. The molecule has 0 saturated carbocycles. The van der Waals surface area contributed by atoms with E-state index in [1.165, 1.54) is 0 Å². The summed E-state index contributed by atoms with van der Waals surface area (Å²) < 4.78 is 21.8. The highest BCUT2D eigenvalue weighted by Gasteiger charge is 2.54. The van der Waals surface area contributed by atoms with E-state index >= 15 is 0 Å². The third-order valence-electron chi connectivity index (χ3n) is 3.63. The van der Waals surface area contributed by atoms with Crippen molar-refractivity contribution in [3.63, 3.8) is 0 Å². The standard InChI is InChI=1S/C14H20BClO5/c1-13(2)14(3,17)21-15(20-13)11-9-10(5-6-12(11)16)19-8-7-18-4/h5-6,9,17H,7-8H2,1-4H3. The summed E-state index contributed by atoms with van der Waals surface area (Å²) in [6.45, 7) is 6.03. The van der Waals surface area contributed by atoms with E-state index in [-0.39, 0.29) is 0 Å². The van der Waals surface area contributed by atoms with Crippen molar-refractivity contribution in [3.8, 4) is 5.75 Å². The van der Waals surface area contributed by atoms with Gasteiger partial charge in [0, 0.05) is 17.6 Å². The van der Waals surface area contributed by atoms with Crippen molar-refractivity contribution in [1.82, 2.24) is 0 Å². The number of halogens is 1. The van der Waals surface area contributed by atoms with E-state index < -0.39 is 18.5 Å². The minimum atomic E-state index is -1.39. The fraction of sp³-hybridized carbons (Fsp3) is 0.571. The maximum Gasteiger partial charge on any atom is 0.498 e. The maximum absolute atomic E-state index is 10.2. The Morgan fingerprint density at radius 2 is 1.95 bits per heavy atom. The molecule has 0 radical (unpaired) electrons. The van der Waals surface area contributed by atoms with Crippen molar-refractivity contribution in [1.29, 1.82) is 0 Å². The maximum atomic E-state index is 10.2. The third kappa shape index (κ3) is 3.52. The van der Waals surface area contributed by atoms with Gasteiger partial charge >= 0.3 is 7.12 Å². The fourth-order valence-corrected chi connectivity index (χ4v) is 2.12. The molecule has 1 aromatic carbocycles. The summed E-state index contributed by atoms with van der Waals surface area (Å²) in [6, 6.07) is 5.23. The Kier molecular flexibility index (Phi) is 4.85. The first kappa shape index (κ1) is 16.6. The van der Waals surface area contributed by atoms with Gasteiger partial charge in [0.15, 0.2) is 5.79 Å². The Labute approximate surface area is 130 Å². The van der Waals surface area contributed by atoms with Crippen LogP contribution in [0.25, 0.3) is 0 Å². The summed E-state index contributed by atoms with van der Waals surface area (Å²) in [7, 11) is 0.870. The highest BCUT2D eigenvalue weighted by atomic mass is 35.5. The molecule has 1 N–H and O–H groups in total. The topological polar surface area (TPSA) is 57.2 Å². The van der Waals surface area contributed by atoms with Gasteiger partial charge < -0.3 is 23.9 Å². The van der Waals surface area contributed by atoms with Crippen LogP contribution in [-0.4, -0.2) is 43.9 Å². The number of hydrogen-bond acceptors (Lipinski definition) is 5. The first-order valence-corrected chi connectivity index (χ1v) is 7.14. The molecule has 2 rings (SSSR count). The van der Waals surface area contributed by atoms with Crippen LogP contribution in [0, 0.1) is 0 Å². The van der Waals surface area contributed by atoms with Gasteiger partial charge in [-0.05, 0) is 39.0 Å². The van der Waals surface area contributed by atoms with Crippen molar-refractivity contribution in [2.24, 2.45) is 0 Å². The largest absolute Gasteiger partial charge is 0.498 e. The molecule has 1 aliphatic heterocycles. The summed E-state index contributed by atoms with van der Waals surface area (Å²) in [5, 5.41) is 10.7. The highest BCUT2D eigenvalue weighted by Crippen LogP contribution is 2.35. The zero-order valence-electron chi connectivity index (χ0n) is 12.7. The second-order valence-electron chi connectivity index (χ2n) is 5.59. The van der Waals surface area contributed by atoms with Crippen LogP contribution in [-0.2, 0) is 14.0 Å². The van der Waals surface area contributed by atoms with Gasteiger partial charge in [-0.25, -0.2) is 0 Å². The van der Waals surface area contributed by atoms with Gasteiger partial charge in [-0.1, -0.05) is 11.6 Å². The fourth-order valence-electron chi connectivity index (χ4n) is 1.91. The monoisotopic (exact) mass is 314 g/mol. The lowest BCUT2D eigenvalue weighted by molar-refractivity contribution is -0.176. The number of ether oxygens (including phenoxy) is 2. The minimum Gasteiger partial charge on any atom is -0.491 e. The average molecular weight is 315 g/mol. The molecular weight excluding hydrogens is 294 g/mol. The second-order valence-corrected chi connectivity index (χ2v) is 5.99. The zero-order chi connectivity index (χ0) is 15.7. The van der Waals surface area contributed by atoms with Crippen LogP contribution in [0.15, 0.2) is 18.2 Å². The van der Waals surface area contributed by atoms with Crippen molar-refractivity contribution in [2.45, 2.75) is 32.2 Å². The lowest BCUT2D eigenvalue weighted by Crippen LogP contribution is -2.44. The lowest BCUT2D eigenvalue weighted by atomic mass is 9.79. The van der Waals surface area contributed by atoms with Gasteiger partial charge in [-0.3, -0.25) is 0 Å². The van der Waals surface area contributed by atoms with Crippen molar-refractivity contribution in [3.05, 3.63) is 23.2 Å². The Hall–Kier alpha value is -0.785. The summed E-state index contributed by atoms with van der Waals surface area (Å²) in [5.41, 5.74) is -0.217. The predicted molar refractivity (Wildman–Crippen MR) is 81.1 cm³/mol. The van der Waals surface area contributed by atoms with Crippen molar-refractivity contribution >= 4 is 24.2 Å². The molecule has 1 saturated heterocycles. The predicted octanol–water partition coefficient (Wildman–Crippen LogP) is 1.59. The Bertz CT molecular complexity index is 490. The van der Waals surface area contributed by atoms with Crippen LogP contribution in [0.2, 0.25) is 5.02 Å². The van der Waals surface area contributed by atoms with Crippen LogP contribution < -0.4 is 10.2 Å². The molecule has 1 aliphatic rings. The van der Waals surface area contributed by atoms with Crippen LogP contribution in [0.1, 0.15) is 20.8 Å². The van der Waals surface area contributed by atoms with Gasteiger partial charge in [0.1, 0.15) is 18.0 Å². The number of aliphatic hydroxyl groups is 1. The second kappa shape index (κ2) is 6.14. The third-order valence-corrected chi connectivity index (χ3v) is 3.98. The van der Waals surface area contributed by atoms with E-state index in [0.717, 1.165) is 0 Å². The SMILES string of the molecule is COCCOc1ccc(Cl)c(B2OC(C)(C)C(C)(O)O2)c1. The molecular formula is C14H20BClO5. The molecule has 1 fully saturated rings. The number of benzene rings is 1. The highest BCUT2D eigenvalue weighted by molar-refractivity contribution is 6.65. The first-order valence-electron chi connectivity index (χ1n) is 6.76. The van der Waals surface area contributed by atoms with Gasteiger partial charge in [-0.2, -0.15) is 0 Å². The van der Waals surface area contributed by atoms with Crippen LogP contribution in [0.4, 0.5) is 0 Å². The van der Waals surface area contributed by atoms with E-state index in [9.17, 15) is 5.11 Å². The quantitative estimate of drug-likeness (QED) is 0.661. The first-order chi connectivity index (χ1) is 9.77. The average Bonchev–Trinajstić information content (AvgIpc) is 2.60. The van der Waals surface area contributed by atoms with Crippen LogP contribution in [0.3, 0.4) is 0 Å². The van der Waals surface area contributed by atoms with Gasteiger partial charge in [0.2, 0.25) is 0 Å². The Morgan fingerprint density at radius 1 is 1.24 bits per heavy atom. The molecule has 0 aliphatic carbocycles. The van der Waals surface area contributed by atoms with E-state index in [1.54, 1.807) is 46.1 Å². The Balaban J connectivity index is 2.18.